The summed E-state index contributed by atoms with van der Waals surface area (Å²) in [6, 6.07) is 9.34. The van der Waals surface area contributed by atoms with E-state index < -0.39 is 15.9 Å². The van der Waals surface area contributed by atoms with Crippen LogP contribution in [0.4, 0.5) is 5.82 Å². The van der Waals surface area contributed by atoms with Crippen LogP contribution in [-0.2, 0) is 14.8 Å². The van der Waals surface area contributed by atoms with Crippen molar-refractivity contribution in [1.29, 1.82) is 0 Å². The van der Waals surface area contributed by atoms with E-state index in [1.54, 1.807) is 25.1 Å². The molecular weight excluding hydrogens is 282 g/mol. The van der Waals surface area contributed by atoms with E-state index in [1.807, 2.05) is 0 Å². The Morgan fingerprint density at radius 1 is 1.30 bits per heavy atom. The van der Waals surface area contributed by atoms with E-state index in [4.69, 9.17) is 4.52 Å². The van der Waals surface area contributed by atoms with Gasteiger partial charge in [-0.15, -0.1) is 0 Å². The molecule has 0 atom stereocenters. The second kappa shape index (κ2) is 5.85. The van der Waals surface area contributed by atoms with Gasteiger partial charge in [0.2, 0.25) is 15.9 Å². The summed E-state index contributed by atoms with van der Waals surface area (Å²) in [4.78, 5) is 11.7. The zero-order chi connectivity index (χ0) is 14.6. The molecule has 0 aliphatic heterocycles. The molecule has 1 aromatic heterocycles. The Bertz CT molecular complexity index is 695. The molecule has 106 valence electrons. The smallest absolute Gasteiger partial charge is 0.241 e. The molecule has 0 fully saturated rings. The maximum Gasteiger partial charge on any atom is 0.241 e. The molecule has 0 aliphatic carbocycles. The summed E-state index contributed by atoms with van der Waals surface area (Å²) >= 11 is 0. The molecule has 2 rings (SSSR count). The Morgan fingerprint density at radius 3 is 2.60 bits per heavy atom. The molecule has 20 heavy (non-hydrogen) atoms. The van der Waals surface area contributed by atoms with E-state index in [1.165, 1.54) is 18.2 Å². The van der Waals surface area contributed by atoms with E-state index >= 15 is 0 Å². The first-order valence-corrected chi connectivity index (χ1v) is 7.23. The maximum absolute atomic E-state index is 11.9. The third kappa shape index (κ3) is 3.65. The van der Waals surface area contributed by atoms with Crippen molar-refractivity contribution in [3.05, 3.63) is 42.2 Å². The molecule has 0 aliphatic rings. The molecule has 1 amide bonds. The fraction of sp³-hybridized carbons (Fsp3) is 0.167. The van der Waals surface area contributed by atoms with Crippen LogP contribution < -0.4 is 10.0 Å². The molecule has 0 unspecified atom stereocenters. The Balaban J connectivity index is 1.93. The van der Waals surface area contributed by atoms with Gasteiger partial charge in [-0.1, -0.05) is 23.4 Å². The molecule has 0 saturated heterocycles. The van der Waals surface area contributed by atoms with Gasteiger partial charge in [-0.2, -0.15) is 0 Å². The highest BCUT2D eigenvalue weighted by Gasteiger charge is 2.15. The lowest BCUT2D eigenvalue weighted by Gasteiger charge is -2.06. The number of aryl methyl sites for hydroxylation is 1. The molecule has 7 nitrogen and oxygen atoms in total. The number of hydrogen-bond donors (Lipinski definition) is 2. The molecular formula is C12H13N3O4S. The maximum atomic E-state index is 11.9. The van der Waals surface area contributed by atoms with Crippen LogP contribution in [0.5, 0.6) is 0 Å². The molecule has 0 saturated carbocycles. The monoisotopic (exact) mass is 295 g/mol. The van der Waals surface area contributed by atoms with Gasteiger partial charge in [0.25, 0.3) is 0 Å². The second-order valence-corrected chi connectivity index (χ2v) is 5.78. The average Bonchev–Trinajstić information content (AvgIpc) is 2.83. The topological polar surface area (TPSA) is 101 Å². The first kappa shape index (κ1) is 14.2. The summed E-state index contributed by atoms with van der Waals surface area (Å²) in [6.07, 6.45) is 0. The van der Waals surface area contributed by atoms with Crippen LogP contribution in [0.2, 0.25) is 0 Å². The standard InChI is InChI=1S/C12H13N3O4S/c1-9-7-11(15-19-9)14-12(16)8-13-20(17,18)10-5-3-2-4-6-10/h2-7,13H,8H2,1H3,(H,14,15,16). The number of sulfonamides is 1. The summed E-state index contributed by atoms with van der Waals surface area (Å²) < 4.78 is 30.7. The number of rotatable bonds is 5. The zero-order valence-corrected chi connectivity index (χ0v) is 11.5. The molecule has 8 heteroatoms. The van der Waals surface area contributed by atoms with Crippen LogP contribution in [0.3, 0.4) is 0 Å². The van der Waals surface area contributed by atoms with Gasteiger partial charge in [-0.25, -0.2) is 13.1 Å². The first-order chi connectivity index (χ1) is 9.47. The predicted molar refractivity (Wildman–Crippen MR) is 71.5 cm³/mol. The van der Waals surface area contributed by atoms with Crippen molar-refractivity contribution in [2.45, 2.75) is 11.8 Å². The SMILES string of the molecule is Cc1cc(NC(=O)CNS(=O)(=O)c2ccccc2)no1. The van der Waals surface area contributed by atoms with Crippen LogP contribution in [0.1, 0.15) is 5.76 Å². The highest BCUT2D eigenvalue weighted by molar-refractivity contribution is 7.89. The molecule has 0 bridgehead atoms. The number of carbonyl (C=O) groups excluding carboxylic acids is 1. The summed E-state index contributed by atoms with van der Waals surface area (Å²) in [6.45, 7) is 1.30. The third-order valence-electron chi connectivity index (χ3n) is 2.37. The lowest BCUT2D eigenvalue weighted by Crippen LogP contribution is -2.32. The fourth-order valence-corrected chi connectivity index (χ4v) is 2.46. The minimum Gasteiger partial charge on any atom is -0.360 e. The number of benzene rings is 1. The lowest BCUT2D eigenvalue weighted by molar-refractivity contribution is -0.115. The van der Waals surface area contributed by atoms with Crippen molar-refractivity contribution in [2.24, 2.45) is 0 Å². The number of nitrogens with one attached hydrogen (secondary N) is 2. The van der Waals surface area contributed by atoms with E-state index in [0.717, 1.165) is 0 Å². The van der Waals surface area contributed by atoms with Gasteiger partial charge in [0.15, 0.2) is 5.82 Å². The van der Waals surface area contributed by atoms with Gasteiger partial charge in [-0.05, 0) is 19.1 Å². The Morgan fingerprint density at radius 2 is 2.00 bits per heavy atom. The van der Waals surface area contributed by atoms with Gasteiger partial charge in [0.1, 0.15) is 5.76 Å². The van der Waals surface area contributed by atoms with Gasteiger partial charge >= 0.3 is 0 Å². The largest absolute Gasteiger partial charge is 0.360 e. The average molecular weight is 295 g/mol. The van der Waals surface area contributed by atoms with Crippen molar-refractivity contribution in [2.75, 3.05) is 11.9 Å². The van der Waals surface area contributed by atoms with Crippen molar-refractivity contribution in [1.82, 2.24) is 9.88 Å². The minimum atomic E-state index is -3.70. The Kier molecular flexibility index (Phi) is 4.16. The fourth-order valence-electron chi connectivity index (χ4n) is 1.46. The zero-order valence-electron chi connectivity index (χ0n) is 10.7. The molecule has 0 radical (unpaired) electrons. The summed E-state index contributed by atoms with van der Waals surface area (Å²) in [5, 5.41) is 5.99. The summed E-state index contributed by atoms with van der Waals surface area (Å²) in [5.41, 5.74) is 0. The summed E-state index contributed by atoms with van der Waals surface area (Å²) in [7, 11) is -3.70. The van der Waals surface area contributed by atoms with E-state index in [0.29, 0.717) is 5.76 Å². The van der Waals surface area contributed by atoms with Gasteiger partial charge in [0, 0.05) is 6.07 Å². The molecule has 0 spiro atoms. The van der Waals surface area contributed by atoms with Crippen molar-refractivity contribution >= 4 is 21.7 Å². The van der Waals surface area contributed by atoms with E-state index in [-0.39, 0.29) is 17.3 Å². The second-order valence-electron chi connectivity index (χ2n) is 4.01. The minimum absolute atomic E-state index is 0.102. The number of amides is 1. The number of nitrogens with zero attached hydrogens (tertiary/aromatic N) is 1. The lowest BCUT2D eigenvalue weighted by atomic mass is 10.4. The normalized spacial score (nSPS) is 11.2. The van der Waals surface area contributed by atoms with Crippen molar-refractivity contribution in [3.8, 4) is 0 Å². The number of anilines is 1. The number of carbonyl (C=O) groups is 1. The molecule has 1 heterocycles. The summed E-state index contributed by atoms with van der Waals surface area (Å²) in [5.74, 6) is 0.259. The van der Waals surface area contributed by atoms with Gasteiger partial charge in [0.05, 0.1) is 11.4 Å². The quantitative estimate of drug-likeness (QED) is 0.853. The third-order valence-corrected chi connectivity index (χ3v) is 3.79. The van der Waals surface area contributed by atoms with Crippen LogP contribution in [0.25, 0.3) is 0 Å². The van der Waals surface area contributed by atoms with Gasteiger partial charge in [-0.3, -0.25) is 4.79 Å². The number of aromatic nitrogens is 1. The molecule has 2 N–H and O–H groups in total. The number of hydrogen-bond acceptors (Lipinski definition) is 5. The van der Waals surface area contributed by atoms with Crippen LogP contribution in [0.15, 0.2) is 45.8 Å². The first-order valence-electron chi connectivity index (χ1n) is 5.75. The van der Waals surface area contributed by atoms with Crippen LogP contribution in [0, 0.1) is 6.92 Å². The Hall–Kier alpha value is -2.19. The van der Waals surface area contributed by atoms with E-state index in [2.05, 4.69) is 15.2 Å². The van der Waals surface area contributed by atoms with Crippen molar-refractivity contribution < 1.29 is 17.7 Å². The molecule has 2 aromatic rings. The van der Waals surface area contributed by atoms with Crippen LogP contribution >= 0.6 is 0 Å². The predicted octanol–water partition coefficient (Wildman–Crippen LogP) is 0.900. The molecule has 1 aromatic carbocycles. The van der Waals surface area contributed by atoms with Gasteiger partial charge < -0.3 is 9.84 Å². The Labute approximate surface area is 116 Å². The highest BCUT2D eigenvalue weighted by atomic mass is 32.2. The van der Waals surface area contributed by atoms with E-state index in [9.17, 15) is 13.2 Å². The van der Waals surface area contributed by atoms with Crippen LogP contribution in [-0.4, -0.2) is 26.0 Å². The van der Waals surface area contributed by atoms with Crippen molar-refractivity contribution in [3.63, 3.8) is 0 Å². The highest BCUT2D eigenvalue weighted by Crippen LogP contribution is 2.08.